The maximum absolute atomic E-state index is 11.6. The summed E-state index contributed by atoms with van der Waals surface area (Å²) in [5.41, 5.74) is 0. The highest BCUT2D eigenvalue weighted by molar-refractivity contribution is 5.75. The fraction of sp³-hybridized carbons (Fsp3) is 0.900. The molecule has 4 nitrogen and oxygen atoms in total. The third kappa shape index (κ3) is 2.38. The van der Waals surface area contributed by atoms with Crippen molar-refractivity contribution < 1.29 is 4.79 Å². The summed E-state index contributed by atoms with van der Waals surface area (Å²) < 4.78 is 0. The van der Waals surface area contributed by atoms with E-state index < -0.39 is 0 Å². The van der Waals surface area contributed by atoms with Crippen molar-refractivity contribution in [2.75, 3.05) is 40.8 Å². The molecule has 14 heavy (non-hydrogen) atoms. The molecule has 4 heteroatoms. The first-order valence-electron chi connectivity index (χ1n) is 5.22. The monoisotopic (exact) mass is 199 g/mol. The highest BCUT2D eigenvalue weighted by atomic mass is 16.2. The summed E-state index contributed by atoms with van der Waals surface area (Å²) in [6.07, 6.45) is 1.14. The predicted octanol–water partition coefficient (Wildman–Crippen LogP) is 0.694. The van der Waals surface area contributed by atoms with E-state index >= 15 is 0 Å². The fourth-order valence-corrected chi connectivity index (χ4v) is 1.63. The van der Waals surface area contributed by atoms with Crippen LogP contribution in [0.3, 0.4) is 0 Å². The molecule has 1 saturated heterocycles. The van der Waals surface area contributed by atoms with Gasteiger partial charge in [0.2, 0.25) is 0 Å². The first-order valence-corrected chi connectivity index (χ1v) is 5.22. The maximum Gasteiger partial charge on any atom is 0.319 e. The number of likely N-dealkylation sites (tertiary alicyclic amines) is 1. The minimum atomic E-state index is 0.144. The highest BCUT2D eigenvalue weighted by Gasteiger charge is 2.33. The Bertz CT molecular complexity index is 206. The van der Waals surface area contributed by atoms with E-state index in [1.54, 1.807) is 19.0 Å². The van der Waals surface area contributed by atoms with Gasteiger partial charge in [0, 0.05) is 33.2 Å². The molecule has 1 atom stereocenters. The number of likely N-dealkylation sites (N-methyl/N-ethyl adjacent to an activating group) is 1. The second-order valence-corrected chi connectivity index (χ2v) is 4.17. The van der Waals surface area contributed by atoms with Crippen LogP contribution in [0.4, 0.5) is 4.79 Å². The zero-order chi connectivity index (χ0) is 10.7. The lowest BCUT2D eigenvalue weighted by Gasteiger charge is -2.43. The zero-order valence-corrected chi connectivity index (χ0v) is 9.66. The number of urea groups is 1. The topological polar surface area (TPSA) is 26.8 Å². The fourth-order valence-electron chi connectivity index (χ4n) is 1.63. The summed E-state index contributed by atoms with van der Waals surface area (Å²) in [4.78, 5) is 17.5. The Morgan fingerprint density at radius 1 is 1.43 bits per heavy atom. The molecule has 2 amide bonds. The molecule has 1 unspecified atom stereocenters. The lowest BCUT2D eigenvalue weighted by atomic mass is 10.0. The average Bonchev–Trinajstić information content (AvgIpc) is 2.11. The van der Waals surface area contributed by atoms with E-state index in [-0.39, 0.29) is 6.03 Å². The molecule has 0 bridgehead atoms. The van der Waals surface area contributed by atoms with Gasteiger partial charge in [-0.15, -0.1) is 0 Å². The molecule has 0 saturated carbocycles. The van der Waals surface area contributed by atoms with Crippen molar-refractivity contribution in [3.8, 4) is 0 Å². The van der Waals surface area contributed by atoms with Gasteiger partial charge in [0.05, 0.1) is 0 Å². The van der Waals surface area contributed by atoms with Crippen molar-refractivity contribution in [3.05, 3.63) is 0 Å². The second-order valence-electron chi connectivity index (χ2n) is 4.17. The van der Waals surface area contributed by atoms with E-state index in [4.69, 9.17) is 0 Å². The molecule has 1 fully saturated rings. The van der Waals surface area contributed by atoms with E-state index in [1.165, 1.54) is 0 Å². The van der Waals surface area contributed by atoms with Crippen molar-refractivity contribution >= 4 is 6.03 Å². The molecule has 0 N–H and O–H groups in total. The molecule has 0 aromatic carbocycles. The minimum absolute atomic E-state index is 0.144. The molecule has 1 heterocycles. The number of nitrogens with zero attached hydrogens (tertiary/aromatic N) is 3. The Morgan fingerprint density at radius 3 is 2.43 bits per heavy atom. The van der Waals surface area contributed by atoms with Crippen LogP contribution in [0, 0.1) is 0 Å². The SMILES string of the molecule is CCN(C)CC1CCN1C(=O)N(C)C. The minimum Gasteiger partial charge on any atom is -0.331 e. The van der Waals surface area contributed by atoms with Gasteiger partial charge in [-0.2, -0.15) is 0 Å². The van der Waals surface area contributed by atoms with Crippen LogP contribution in [0.5, 0.6) is 0 Å². The van der Waals surface area contributed by atoms with E-state index in [2.05, 4.69) is 18.9 Å². The number of amides is 2. The third-order valence-corrected chi connectivity index (χ3v) is 2.83. The second kappa shape index (κ2) is 4.64. The number of rotatable bonds is 3. The van der Waals surface area contributed by atoms with Crippen LogP contribution in [0.25, 0.3) is 0 Å². The highest BCUT2D eigenvalue weighted by Crippen LogP contribution is 2.19. The quantitative estimate of drug-likeness (QED) is 0.669. The number of hydrogen-bond acceptors (Lipinski definition) is 2. The van der Waals surface area contributed by atoms with Crippen molar-refractivity contribution in [3.63, 3.8) is 0 Å². The van der Waals surface area contributed by atoms with Gasteiger partial charge in [0.15, 0.2) is 0 Å². The Morgan fingerprint density at radius 2 is 2.07 bits per heavy atom. The van der Waals surface area contributed by atoms with Gasteiger partial charge in [-0.05, 0) is 20.0 Å². The number of carbonyl (C=O) groups is 1. The standard InChI is InChI=1S/C10H21N3O/c1-5-12(4)8-9-6-7-13(9)10(14)11(2)3/h9H,5-8H2,1-4H3. The summed E-state index contributed by atoms with van der Waals surface area (Å²) in [5, 5.41) is 0. The maximum atomic E-state index is 11.6. The first kappa shape index (κ1) is 11.3. The molecular formula is C10H21N3O. The Kier molecular flexibility index (Phi) is 3.75. The van der Waals surface area contributed by atoms with Crippen molar-refractivity contribution in [2.24, 2.45) is 0 Å². The van der Waals surface area contributed by atoms with Gasteiger partial charge in [0.1, 0.15) is 0 Å². The van der Waals surface area contributed by atoms with E-state index in [1.807, 2.05) is 4.90 Å². The third-order valence-electron chi connectivity index (χ3n) is 2.83. The van der Waals surface area contributed by atoms with Gasteiger partial charge in [-0.25, -0.2) is 4.79 Å². The van der Waals surface area contributed by atoms with E-state index in [9.17, 15) is 4.79 Å². The molecule has 1 rings (SSSR count). The summed E-state index contributed by atoms with van der Waals surface area (Å²) in [6, 6.07) is 0.570. The Hall–Kier alpha value is -0.770. The van der Waals surface area contributed by atoms with E-state index in [0.717, 1.165) is 26.1 Å². The molecule has 1 aliphatic heterocycles. The summed E-state index contributed by atoms with van der Waals surface area (Å²) in [6.45, 7) is 5.09. The van der Waals surface area contributed by atoms with Crippen molar-refractivity contribution in [2.45, 2.75) is 19.4 Å². The lowest BCUT2D eigenvalue weighted by Crippen LogP contribution is -2.58. The van der Waals surface area contributed by atoms with Crippen LogP contribution in [-0.2, 0) is 0 Å². The molecule has 0 radical (unpaired) electrons. The number of carbonyl (C=O) groups excluding carboxylic acids is 1. The Balaban J connectivity index is 2.39. The van der Waals surface area contributed by atoms with Gasteiger partial charge in [-0.3, -0.25) is 0 Å². The molecule has 0 aromatic heterocycles. The van der Waals surface area contributed by atoms with Crippen molar-refractivity contribution in [1.82, 2.24) is 14.7 Å². The molecule has 0 aromatic rings. The van der Waals surface area contributed by atoms with Crippen LogP contribution in [0.2, 0.25) is 0 Å². The number of hydrogen-bond donors (Lipinski definition) is 0. The molecule has 1 aliphatic rings. The molecule has 82 valence electrons. The van der Waals surface area contributed by atoms with Gasteiger partial charge in [-0.1, -0.05) is 6.92 Å². The largest absolute Gasteiger partial charge is 0.331 e. The van der Waals surface area contributed by atoms with Crippen LogP contribution in [0.15, 0.2) is 0 Å². The van der Waals surface area contributed by atoms with Crippen LogP contribution >= 0.6 is 0 Å². The Labute approximate surface area is 86.5 Å². The first-order chi connectivity index (χ1) is 6.56. The summed E-state index contributed by atoms with van der Waals surface area (Å²) in [5.74, 6) is 0. The summed E-state index contributed by atoms with van der Waals surface area (Å²) >= 11 is 0. The average molecular weight is 199 g/mol. The van der Waals surface area contributed by atoms with Crippen LogP contribution in [0.1, 0.15) is 13.3 Å². The summed E-state index contributed by atoms with van der Waals surface area (Å²) in [7, 11) is 5.71. The van der Waals surface area contributed by atoms with Gasteiger partial charge < -0.3 is 14.7 Å². The predicted molar refractivity (Wildman–Crippen MR) is 57.4 cm³/mol. The molecule has 0 spiro atoms. The zero-order valence-electron chi connectivity index (χ0n) is 9.66. The molecule has 0 aliphatic carbocycles. The molecular weight excluding hydrogens is 178 g/mol. The van der Waals surface area contributed by atoms with E-state index in [0.29, 0.717) is 6.04 Å². The van der Waals surface area contributed by atoms with Gasteiger partial charge >= 0.3 is 6.03 Å². The smallest absolute Gasteiger partial charge is 0.319 e. The van der Waals surface area contributed by atoms with Crippen LogP contribution < -0.4 is 0 Å². The van der Waals surface area contributed by atoms with Crippen LogP contribution in [-0.4, -0.2) is 67.5 Å². The normalized spacial score (nSPS) is 20.9. The van der Waals surface area contributed by atoms with Crippen molar-refractivity contribution in [1.29, 1.82) is 0 Å². The lowest BCUT2D eigenvalue weighted by molar-refractivity contribution is 0.0762. The van der Waals surface area contributed by atoms with Gasteiger partial charge in [0.25, 0.3) is 0 Å².